The van der Waals surface area contributed by atoms with Gasteiger partial charge in [-0.25, -0.2) is 4.98 Å². The Hall–Kier alpha value is -1.40. The van der Waals surface area contributed by atoms with Crippen molar-refractivity contribution in [1.82, 2.24) is 10.3 Å². The third kappa shape index (κ3) is 6.58. The average molecular weight is 310 g/mol. The van der Waals surface area contributed by atoms with Gasteiger partial charge in [-0.15, -0.1) is 0 Å². The molecule has 22 heavy (non-hydrogen) atoms. The molecule has 0 fully saturated rings. The summed E-state index contributed by atoms with van der Waals surface area (Å²) in [5.41, 5.74) is 6.05. The van der Waals surface area contributed by atoms with Gasteiger partial charge in [-0.3, -0.25) is 10.1 Å². The van der Waals surface area contributed by atoms with Crippen LogP contribution in [0.15, 0.2) is 10.6 Å². The Balaban J connectivity index is 2.47. The number of hydrogen-bond acceptors (Lipinski definition) is 5. The van der Waals surface area contributed by atoms with Gasteiger partial charge in [0.05, 0.1) is 18.3 Å². The van der Waals surface area contributed by atoms with Crippen molar-refractivity contribution in [2.45, 2.75) is 66.0 Å². The maximum Gasteiger partial charge on any atom is 0.301 e. The van der Waals surface area contributed by atoms with E-state index in [2.05, 4.69) is 36.4 Å². The van der Waals surface area contributed by atoms with Gasteiger partial charge in [-0.05, 0) is 31.7 Å². The summed E-state index contributed by atoms with van der Waals surface area (Å²) in [4.78, 5) is 15.9. The maximum absolute atomic E-state index is 11.8. The molecular formula is C16H30N4O2. The van der Waals surface area contributed by atoms with Gasteiger partial charge in [0.25, 0.3) is 0 Å². The summed E-state index contributed by atoms with van der Waals surface area (Å²) < 4.78 is 5.57. The summed E-state index contributed by atoms with van der Waals surface area (Å²) in [6.45, 7) is 11.5. The number of carbonyl (C=O) groups excluding carboxylic acids is 1. The summed E-state index contributed by atoms with van der Waals surface area (Å²) in [5, 5.41) is 6.01. The monoisotopic (exact) mass is 310 g/mol. The van der Waals surface area contributed by atoms with E-state index >= 15 is 0 Å². The number of nitrogens with one attached hydrogen (secondary N) is 2. The molecule has 1 aromatic rings. The highest BCUT2D eigenvalue weighted by Crippen LogP contribution is 2.20. The van der Waals surface area contributed by atoms with Crippen molar-refractivity contribution >= 4 is 11.9 Å². The van der Waals surface area contributed by atoms with Crippen molar-refractivity contribution in [2.24, 2.45) is 11.1 Å². The Kier molecular flexibility index (Phi) is 7.03. The van der Waals surface area contributed by atoms with Crippen molar-refractivity contribution in [3.63, 3.8) is 0 Å². The Morgan fingerprint density at radius 3 is 2.73 bits per heavy atom. The zero-order chi connectivity index (χ0) is 16.8. The fourth-order valence-electron chi connectivity index (χ4n) is 1.95. The molecule has 0 bridgehead atoms. The molecule has 1 amide bonds. The van der Waals surface area contributed by atoms with Crippen molar-refractivity contribution < 1.29 is 9.21 Å². The van der Waals surface area contributed by atoms with Gasteiger partial charge in [0.1, 0.15) is 5.76 Å². The van der Waals surface area contributed by atoms with Crippen molar-refractivity contribution in [3.05, 3.63) is 12.0 Å². The minimum atomic E-state index is -0.525. The summed E-state index contributed by atoms with van der Waals surface area (Å²) in [6, 6.07) is -0.275. The van der Waals surface area contributed by atoms with E-state index in [-0.39, 0.29) is 18.0 Å². The lowest BCUT2D eigenvalue weighted by Gasteiger charge is -2.19. The van der Waals surface area contributed by atoms with Crippen LogP contribution in [0.1, 0.15) is 65.7 Å². The zero-order valence-corrected chi connectivity index (χ0v) is 14.4. The Bertz CT molecular complexity index is 465. The Morgan fingerprint density at radius 1 is 1.45 bits per heavy atom. The van der Waals surface area contributed by atoms with Gasteiger partial charge in [0, 0.05) is 0 Å². The van der Waals surface area contributed by atoms with Gasteiger partial charge in [-0.2, -0.15) is 0 Å². The molecule has 0 saturated carbocycles. The van der Waals surface area contributed by atoms with Crippen LogP contribution in [0, 0.1) is 5.41 Å². The third-order valence-electron chi connectivity index (χ3n) is 3.44. The maximum atomic E-state index is 11.8. The van der Waals surface area contributed by atoms with Gasteiger partial charge in [-0.1, -0.05) is 34.1 Å². The third-order valence-corrected chi connectivity index (χ3v) is 3.44. The number of oxazole rings is 1. The van der Waals surface area contributed by atoms with E-state index in [9.17, 15) is 4.79 Å². The second-order valence-electron chi connectivity index (χ2n) is 6.94. The van der Waals surface area contributed by atoms with Crippen LogP contribution in [-0.2, 0) is 4.79 Å². The molecule has 2 atom stereocenters. The van der Waals surface area contributed by atoms with E-state index in [1.807, 2.05) is 13.8 Å². The van der Waals surface area contributed by atoms with Crippen molar-refractivity contribution in [1.29, 1.82) is 0 Å². The standard InChI is InChI=1S/C16H30N4O2/c1-6-7-12(17)14(21)20-15-19-10-13(22-15)11(2)18-9-8-16(3,4)5/h10-12,18H,6-9,17H2,1-5H3,(H,19,20,21)/t11?,12-/m0/s1. The molecular weight excluding hydrogens is 280 g/mol. The lowest BCUT2D eigenvalue weighted by Crippen LogP contribution is -2.35. The van der Waals surface area contributed by atoms with Gasteiger partial charge < -0.3 is 15.5 Å². The molecule has 1 heterocycles. The summed E-state index contributed by atoms with van der Waals surface area (Å²) in [6.07, 6.45) is 4.21. The van der Waals surface area contributed by atoms with Crippen LogP contribution >= 0.6 is 0 Å². The SMILES string of the molecule is CCC[C@H](N)C(=O)Nc1ncc(C(C)NCCC(C)(C)C)o1. The molecule has 1 unspecified atom stereocenters. The molecule has 1 aromatic heterocycles. The smallest absolute Gasteiger partial charge is 0.301 e. The second kappa shape index (κ2) is 8.29. The highest BCUT2D eigenvalue weighted by Gasteiger charge is 2.17. The minimum Gasteiger partial charge on any atom is -0.427 e. The fourth-order valence-corrected chi connectivity index (χ4v) is 1.95. The minimum absolute atomic E-state index is 0.0461. The topological polar surface area (TPSA) is 93.2 Å². The molecule has 0 aliphatic heterocycles. The van der Waals surface area contributed by atoms with Crippen LogP contribution < -0.4 is 16.4 Å². The van der Waals surface area contributed by atoms with E-state index in [1.54, 1.807) is 6.20 Å². The van der Waals surface area contributed by atoms with Crippen LogP contribution in [0.5, 0.6) is 0 Å². The number of nitrogens with zero attached hydrogens (tertiary/aromatic N) is 1. The number of amides is 1. The molecule has 0 aliphatic rings. The number of anilines is 1. The Morgan fingerprint density at radius 2 is 2.14 bits per heavy atom. The average Bonchev–Trinajstić information content (AvgIpc) is 2.86. The predicted molar refractivity (Wildman–Crippen MR) is 88.5 cm³/mol. The number of nitrogens with two attached hydrogens (primary N) is 1. The van der Waals surface area contributed by atoms with Crippen LogP contribution in [0.4, 0.5) is 6.01 Å². The van der Waals surface area contributed by atoms with E-state index in [0.29, 0.717) is 17.6 Å². The van der Waals surface area contributed by atoms with Crippen LogP contribution in [0.25, 0.3) is 0 Å². The largest absolute Gasteiger partial charge is 0.427 e. The highest BCUT2D eigenvalue weighted by molar-refractivity contribution is 5.92. The second-order valence-corrected chi connectivity index (χ2v) is 6.94. The molecule has 6 nitrogen and oxygen atoms in total. The number of rotatable bonds is 8. The molecule has 0 aromatic carbocycles. The number of aromatic nitrogens is 1. The normalized spacial score (nSPS) is 14.6. The molecule has 4 N–H and O–H groups in total. The number of carbonyl (C=O) groups is 1. The zero-order valence-electron chi connectivity index (χ0n) is 14.4. The van der Waals surface area contributed by atoms with Crippen LogP contribution in [-0.4, -0.2) is 23.5 Å². The molecule has 6 heteroatoms. The highest BCUT2D eigenvalue weighted by atomic mass is 16.4. The van der Waals surface area contributed by atoms with E-state index in [0.717, 1.165) is 19.4 Å². The molecule has 0 aliphatic carbocycles. The number of hydrogen-bond donors (Lipinski definition) is 3. The fraction of sp³-hybridized carbons (Fsp3) is 0.750. The van der Waals surface area contributed by atoms with Gasteiger partial charge in [0.15, 0.2) is 0 Å². The molecule has 0 saturated heterocycles. The first-order chi connectivity index (χ1) is 10.2. The summed E-state index contributed by atoms with van der Waals surface area (Å²) in [5.74, 6) is 0.442. The lowest BCUT2D eigenvalue weighted by atomic mass is 9.92. The first-order valence-corrected chi connectivity index (χ1v) is 7.98. The van der Waals surface area contributed by atoms with E-state index in [1.165, 1.54) is 0 Å². The van der Waals surface area contributed by atoms with Gasteiger partial charge in [0.2, 0.25) is 5.91 Å². The summed E-state index contributed by atoms with van der Waals surface area (Å²) in [7, 11) is 0. The van der Waals surface area contributed by atoms with E-state index in [4.69, 9.17) is 10.2 Å². The molecule has 0 spiro atoms. The first-order valence-electron chi connectivity index (χ1n) is 7.98. The summed E-state index contributed by atoms with van der Waals surface area (Å²) >= 11 is 0. The molecule has 1 rings (SSSR count). The van der Waals surface area contributed by atoms with Crippen molar-refractivity contribution in [3.8, 4) is 0 Å². The first kappa shape index (κ1) is 18.6. The quantitative estimate of drug-likeness (QED) is 0.686. The molecule has 0 radical (unpaired) electrons. The van der Waals surface area contributed by atoms with Crippen LogP contribution in [0.2, 0.25) is 0 Å². The molecule has 126 valence electrons. The Labute approximate surface area is 133 Å². The predicted octanol–water partition coefficient (Wildman–Crippen LogP) is 2.83. The van der Waals surface area contributed by atoms with Gasteiger partial charge >= 0.3 is 6.01 Å². The van der Waals surface area contributed by atoms with Crippen molar-refractivity contribution in [2.75, 3.05) is 11.9 Å². The lowest BCUT2D eigenvalue weighted by molar-refractivity contribution is -0.117. The van der Waals surface area contributed by atoms with Crippen LogP contribution in [0.3, 0.4) is 0 Å². The van der Waals surface area contributed by atoms with E-state index < -0.39 is 6.04 Å².